The Kier molecular flexibility index (Phi) is 4.87. The van der Waals surface area contributed by atoms with Gasteiger partial charge in [-0.2, -0.15) is 0 Å². The molecule has 1 fully saturated rings. The number of benzene rings is 1. The van der Waals surface area contributed by atoms with Crippen LogP contribution in [0, 0.1) is 5.92 Å². The lowest BCUT2D eigenvalue weighted by atomic mass is 9.83. The van der Waals surface area contributed by atoms with Gasteiger partial charge in [-0.1, -0.05) is 25.5 Å². The molecular formula is C17H27NO. The van der Waals surface area contributed by atoms with Crippen molar-refractivity contribution in [3.8, 4) is 5.75 Å². The van der Waals surface area contributed by atoms with Crippen LogP contribution in [0.1, 0.15) is 57.6 Å². The van der Waals surface area contributed by atoms with Crippen LogP contribution >= 0.6 is 0 Å². The highest BCUT2D eigenvalue weighted by molar-refractivity contribution is 5.29. The van der Waals surface area contributed by atoms with Gasteiger partial charge in [0, 0.05) is 12.1 Å². The maximum atomic E-state index is 9.60. The van der Waals surface area contributed by atoms with Gasteiger partial charge in [-0.25, -0.2) is 0 Å². The van der Waals surface area contributed by atoms with E-state index >= 15 is 0 Å². The molecule has 0 heterocycles. The van der Waals surface area contributed by atoms with Crippen molar-refractivity contribution < 1.29 is 5.11 Å². The summed E-state index contributed by atoms with van der Waals surface area (Å²) < 4.78 is 0. The summed E-state index contributed by atoms with van der Waals surface area (Å²) in [4.78, 5) is 2.49. The summed E-state index contributed by atoms with van der Waals surface area (Å²) in [5.41, 5.74) is 1.21. The van der Waals surface area contributed by atoms with Crippen LogP contribution in [0.5, 0.6) is 5.75 Å². The minimum Gasteiger partial charge on any atom is -0.508 e. The molecule has 0 amide bonds. The fraction of sp³-hybridized carbons (Fsp3) is 0.647. The molecule has 1 atom stereocenters. The van der Waals surface area contributed by atoms with Gasteiger partial charge in [0.1, 0.15) is 5.75 Å². The maximum Gasteiger partial charge on any atom is 0.115 e. The number of rotatable bonds is 4. The molecule has 2 rings (SSSR count). The van der Waals surface area contributed by atoms with Crippen LogP contribution in [-0.4, -0.2) is 23.1 Å². The van der Waals surface area contributed by atoms with Gasteiger partial charge in [0.2, 0.25) is 0 Å². The second kappa shape index (κ2) is 6.42. The van der Waals surface area contributed by atoms with Gasteiger partial charge in [-0.05, 0) is 63.3 Å². The Labute approximate surface area is 117 Å². The van der Waals surface area contributed by atoms with Gasteiger partial charge >= 0.3 is 0 Å². The highest BCUT2D eigenvalue weighted by atomic mass is 16.3. The van der Waals surface area contributed by atoms with E-state index in [9.17, 15) is 5.11 Å². The largest absolute Gasteiger partial charge is 0.508 e. The Morgan fingerprint density at radius 2 is 1.95 bits per heavy atom. The van der Waals surface area contributed by atoms with Crippen LogP contribution in [0.2, 0.25) is 0 Å². The first kappa shape index (κ1) is 14.4. The van der Waals surface area contributed by atoms with E-state index in [1.807, 2.05) is 12.1 Å². The first-order valence-electron chi connectivity index (χ1n) is 7.62. The summed E-state index contributed by atoms with van der Waals surface area (Å²) in [7, 11) is 2.23. The van der Waals surface area contributed by atoms with Crippen molar-refractivity contribution in [2.24, 2.45) is 5.92 Å². The molecule has 0 bridgehead atoms. The fourth-order valence-corrected chi connectivity index (χ4v) is 3.30. The molecule has 1 aromatic carbocycles. The predicted molar refractivity (Wildman–Crippen MR) is 80.3 cm³/mol. The molecule has 1 saturated carbocycles. The molecule has 0 aromatic heterocycles. The topological polar surface area (TPSA) is 23.5 Å². The molecule has 106 valence electrons. The molecule has 1 unspecified atom stereocenters. The molecule has 1 N–H and O–H groups in total. The number of phenolic OH excluding ortho intramolecular Hbond substituents is 1. The number of hydrogen-bond acceptors (Lipinski definition) is 2. The van der Waals surface area contributed by atoms with E-state index in [1.165, 1.54) is 37.7 Å². The van der Waals surface area contributed by atoms with Crippen LogP contribution in [0.15, 0.2) is 24.3 Å². The summed E-state index contributed by atoms with van der Waals surface area (Å²) >= 11 is 0. The first-order chi connectivity index (χ1) is 9.11. The van der Waals surface area contributed by atoms with Crippen molar-refractivity contribution in [3.63, 3.8) is 0 Å². The van der Waals surface area contributed by atoms with Crippen molar-refractivity contribution in [2.45, 2.75) is 58.0 Å². The number of nitrogens with zero attached hydrogens (tertiary/aromatic N) is 1. The van der Waals surface area contributed by atoms with Gasteiger partial charge in [-0.15, -0.1) is 0 Å². The van der Waals surface area contributed by atoms with Crippen LogP contribution in [0.4, 0.5) is 0 Å². The molecule has 0 radical (unpaired) electrons. The van der Waals surface area contributed by atoms with Crippen LogP contribution in [-0.2, 0) is 0 Å². The Morgan fingerprint density at radius 1 is 1.26 bits per heavy atom. The fourth-order valence-electron chi connectivity index (χ4n) is 3.30. The quantitative estimate of drug-likeness (QED) is 0.870. The zero-order chi connectivity index (χ0) is 13.8. The standard InChI is InChI=1S/C17H27NO/c1-4-14-8-10-16(11-9-14)18(3)13(2)15-6-5-7-17(19)12-15/h5-7,12-14,16,19H,4,8-11H2,1-3H3. The Morgan fingerprint density at radius 3 is 2.53 bits per heavy atom. The molecule has 0 saturated heterocycles. The number of hydrogen-bond donors (Lipinski definition) is 1. The lowest BCUT2D eigenvalue weighted by molar-refractivity contribution is 0.126. The van der Waals surface area contributed by atoms with E-state index in [0.29, 0.717) is 17.8 Å². The van der Waals surface area contributed by atoms with E-state index in [1.54, 1.807) is 6.07 Å². The summed E-state index contributed by atoms with van der Waals surface area (Å²) in [5.74, 6) is 1.31. The summed E-state index contributed by atoms with van der Waals surface area (Å²) in [6.45, 7) is 4.55. The summed E-state index contributed by atoms with van der Waals surface area (Å²) in [5, 5.41) is 9.60. The molecule has 2 nitrogen and oxygen atoms in total. The van der Waals surface area contributed by atoms with E-state index in [0.717, 1.165) is 5.92 Å². The molecule has 0 aliphatic heterocycles. The van der Waals surface area contributed by atoms with Crippen LogP contribution in [0.3, 0.4) is 0 Å². The van der Waals surface area contributed by atoms with Gasteiger partial charge in [0.05, 0.1) is 0 Å². The minimum atomic E-state index is 0.368. The first-order valence-corrected chi connectivity index (χ1v) is 7.62. The average Bonchev–Trinajstić information content (AvgIpc) is 2.46. The van der Waals surface area contributed by atoms with Crippen LogP contribution < -0.4 is 0 Å². The SMILES string of the molecule is CCC1CCC(N(C)C(C)c2cccc(O)c2)CC1. The van der Waals surface area contributed by atoms with Gasteiger partial charge in [0.15, 0.2) is 0 Å². The normalized spacial score (nSPS) is 25.5. The van der Waals surface area contributed by atoms with Crippen molar-refractivity contribution in [1.82, 2.24) is 4.90 Å². The van der Waals surface area contributed by atoms with Crippen LogP contribution in [0.25, 0.3) is 0 Å². The van der Waals surface area contributed by atoms with Crippen molar-refractivity contribution >= 4 is 0 Å². The number of aromatic hydroxyl groups is 1. The van der Waals surface area contributed by atoms with Gasteiger partial charge in [0.25, 0.3) is 0 Å². The van der Waals surface area contributed by atoms with E-state index < -0.39 is 0 Å². The zero-order valence-corrected chi connectivity index (χ0v) is 12.5. The smallest absolute Gasteiger partial charge is 0.115 e. The van der Waals surface area contributed by atoms with Crippen molar-refractivity contribution in [1.29, 1.82) is 0 Å². The summed E-state index contributed by atoms with van der Waals surface area (Å²) in [6.07, 6.45) is 6.71. The van der Waals surface area contributed by atoms with E-state index in [2.05, 4.69) is 31.9 Å². The molecule has 2 heteroatoms. The molecule has 1 aliphatic rings. The summed E-state index contributed by atoms with van der Waals surface area (Å²) in [6, 6.07) is 8.73. The third kappa shape index (κ3) is 3.50. The molecule has 1 aromatic rings. The van der Waals surface area contributed by atoms with Gasteiger partial charge in [-0.3, -0.25) is 4.90 Å². The third-order valence-electron chi connectivity index (χ3n) is 4.93. The number of phenols is 1. The zero-order valence-electron chi connectivity index (χ0n) is 12.5. The highest BCUT2D eigenvalue weighted by Crippen LogP contribution is 2.33. The Balaban J connectivity index is 1.98. The molecule has 1 aliphatic carbocycles. The van der Waals surface area contributed by atoms with Crippen molar-refractivity contribution in [2.75, 3.05) is 7.05 Å². The second-order valence-corrected chi connectivity index (χ2v) is 6.02. The lowest BCUT2D eigenvalue weighted by Crippen LogP contribution is -2.36. The second-order valence-electron chi connectivity index (χ2n) is 6.02. The Hall–Kier alpha value is -1.02. The maximum absolute atomic E-state index is 9.60. The molecule has 0 spiro atoms. The molecular weight excluding hydrogens is 234 g/mol. The lowest BCUT2D eigenvalue weighted by Gasteiger charge is -2.38. The van der Waals surface area contributed by atoms with Gasteiger partial charge < -0.3 is 5.11 Å². The highest BCUT2D eigenvalue weighted by Gasteiger charge is 2.26. The van der Waals surface area contributed by atoms with E-state index in [-0.39, 0.29) is 0 Å². The minimum absolute atomic E-state index is 0.368. The average molecular weight is 261 g/mol. The molecule has 19 heavy (non-hydrogen) atoms. The predicted octanol–water partition coefficient (Wildman–Crippen LogP) is 4.35. The van der Waals surface area contributed by atoms with Crippen molar-refractivity contribution in [3.05, 3.63) is 29.8 Å². The van der Waals surface area contributed by atoms with E-state index in [4.69, 9.17) is 0 Å². The Bertz CT molecular complexity index is 396. The monoisotopic (exact) mass is 261 g/mol. The third-order valence-corrected chi connectivity index (χ3v) is 4.93.